The molecule has 0 aliphatic heterocycles. The monoisotopic (exact) mass is 249 g/mol. The first-order chi connectivity index (χ1) is 8.54. The summed E-state index contributed by atoms with van der Waals surface area (Å²) in [5.74, 6) is -0.0556. The Labute approximate surface area is 107 Å². The molecular formula is C14H19NO3. The molecule has 1 N–H and O–H groups in total. The largest absolute Gasteiger partial charge is 0.465 e. The number of carbonyl (C=O) groups excluding carboxylic acids is 2. The van der Waals surface area contributed by atoms with E-state index in [1.165, 1.54) is 13.2 Å². The summed E-state index contributed by atoms with van der Waals surface area (Å²) in [7, 11) is 1.32. The SMILES string of the molecule is COC(=O)c1cccc(C(=O)NCCC(C)C)c1. The van der Waals surface area contributed by atoms with E-state index in [2.05, 4.69) is 23.9 Å². The molecule has 0 saturated carbocycles. The molecule has 1 aromatic carbocycles. The molecule has 0 fully saturated rings. The fourth-order valence-electron chi connectivity index (χ4n) is 1.48. The van der Waals surface area contributed by atoms with Gasteiger partial charge in [-0.2, -0.15) is 0 Å². The van der Waals surface area contributed by atoms with Crippen molar-refractivity contribution in [2.45, 2.75) is 20.3 Å². The van der Waals surface area contributed by atoms with Gasteiger partial charge in [-0.3, -0.25) is 4.79 Å². The highest BCUT2D eigenvalue weighted by molar-refractivity contribution is 5.97. The number of amides is 1. The van der Waals surface area contributed by atoms with E-state index < -0.39 is 5.97 Å². The normalized spacial score (nSPS) is 10.2. The zero-order valence-corrected chi connectivity index (χ0v) is 11.0. The first-order valence-electron chi connectivity index (χ1n) is 6.01. The first-order valence-corrected chi connectivity index (χ1v) is 6.01. The van der Waals surface area contributed by atoms with E-state index >= 15 is 0 Å². The molecule has 1 rings (SSSR count). The average molecular weight is 249 g/mol. The Morgan fingerprint density at radius 1 is 1.28 bits per heavy atom. The van der Waals surface area contributed by atoms with Gasteiger partial charge in [0, 0.05) is 12.1 Å². The molecule has 0 heterocycles. The molecule has 18 heavy (non-hydrogen) atoms. The molecule has 0 spiro atoms. The van der Waals surface area contributed by atoms with Crippen molar-refractivity contribution < 1.29 is 14.3 Å². The summed E-state index contributed by atoms with van der Waals surface area (Å²) in [6, 6.07) is 6.51. The second-order valence-corrected chi connectivity index (χ2v) is 4.51. The minimum absolute atomic E-state index is 0.165. The predicted molar refractivity (Wildman–Crippen MR) is 69.6 cm³/mol. The van der Waals surface area contributed by atoms with Crippen LogP contribution in [-0.2, 0) is 4.74 Å². The number of methoxy groups -OCH3 is 1. The summed E-state index contributed by atoms with van der Waals surface area (Å²) in [5.41, 5.74) is 0.857. The van der Waals surface area contributed by atoms with Crippen LogP contribution >= 0.6 is 0 Å². The van der Waals surface area contributed by atoms with Gasteiger partial charge in [0.15, 0.2) is 0 Å². The minimum atomic E-state index is -0.438. The first kappa shape index (κ1) is 14.2. The van der Waals surface area contributed by atoms with E-state index in [1.807, 2.05) is 0 Å². The van der Waals surface area contributed by atoms with Crippen molar-refractivity contribution >= 4 is 11.9 Å². The van der Waals surface area contributed by atoms with Crippen molar-refractivity contribution in [3.63, 3.8) is 0 Å². The van der Waals surface area contributed by atoms with Gasteiger partial charge >= 0.3 is 5.97 Å². The molecule has 0 atom stereocenters. The van der Waals surface area contributed by atoms with Gasteiger partial charge in [-0.15, -0.1) is 0 Å². The van der Waals surface area contributed by atoms with Crippen LogP contribution in [0.25, 0.3) is 0 Å². The van der Waals surface area contributed by atoms with Crippen LogP contribution in [0.15, 0.2) is 24.3 Å². The maximum atomic E-state index is 11.8. The molecular weight excluding hydrogens is 230 g/mol. The lowest BCUT2D eigenvalue weighted by atomic mass is 10.1. The van der Waals surface area contributed by atoms with Gasteiger partial charge in [0.2, 0.25) is 0 Å². The van der Waals surface area contributed by atoms with Crippen molar-refractivity contribution in [3.8, 4) is 0 Å². The predicted octanol–water partition coefficient (Wildman–Crippen LogP) is 2.25. The third-order valence-corrected chi connectivity index (χ3v) is 2.55. The zero-order valence-electron chi connectivity index (χ0n) is 11.0. The maximum Gasteiger partial charge on any atom is 0.337 e. The molecule has 0 aromatic heterocycles. The number of nitrogens with one attached hydrogen (secondary N) is 1. The highest BCUT2D eigenvalue weighted by Gasteiger charge is 2.10. The van der Waals surface area contributed by atoms with E-state index in [4.69, 9.17) is 0 Å². The molecule has 0 aliphatic carbocycles. The number of benzene rings is 1. The van der Waals surface area contributed by atoms with E-state index in [-0.39, 0.29) is 5.91 Å². The fraction of sp³-hybridized carbons (Fsp3) is 0.429. The van der Waals surface area contributed by atoms with Crippen LogP contribution < -0.4 is 5.32 Å². The lowest BCUT2D eigenvalue weighted by molar-refractivity contribution is 0.0600. The molecule has 98 valence electrons. The van der Waals surface area contributed by atoms with Gasteiger partial charge in [0.1, 0.15) is 0 Å². The lowest BCUT2D eigenvalue weighted by Crippen LogP contribution is -2.25. The molecule has 1 amide bonds. The van der Waals surface area contributed by atoms with Crippen molar-refractivity contribution in [2.24, 2.45) is 5.92 Å². The maximum absolute atomic E-state index is 11.8. The second-order valence-electron chi connectivity index (χ2n) is 4.51. The molecule has 0 aliphatic rings. The van der Waals surface area contributed by atoms with Crippen molar-refractivity contribution in [3.05, 3.63) is 35.4 Å². The number of hydrogen-bond donors (Lipinski definition) is 1. The molecule has 4 heteroatoms. The summed E-state index contributed by atoms with van der Waals surface area (Å²) in [6.45, 7) is 4.84. The lowest BCUT2D eigenvalue weighted by Gasteiger charge is -2.08. The van der Waals surface area contributed by atoms with Crippen LogP contribution in [0.3, 0.4) is 0 Å². The van der Waals surface area contributed by atoms with Gasteiger partial charge < -0.3 is 10.1 Å². The average Bonchev–Trinajstić information content (AvgIpc) is 2.37. The second kappa shape index (κ2) is 6.79. The quantitative estimate of drug-likeness (QED) is 0.814. The van der Waals surface area contributed by atoms with E-state index in [0.29, 0.717) is 23.6 Å². The number of esters is 1. The van der Waals surface area contributed by atoms with Gasteiger partial charge in [-0.25, -0.2) is 4.79 Å². The van der Waals surface area contributed by atoms with E-state index in [9.17, 15) is 9.59 Å². The van der Waals surface area contributed by atoms with Crippen molar-refractivity contribution in [1.29, 1.82) is 0 Å². The third-order valence-electron chi connectivity index (χ3n) is 2.55. The molecule has 0 bridgehead atoms. The summed E-state index contributed by atoms with van der Waals surface area (Å²) >= 11 is 0. The Morgan fingerprint density at radius 2 is 1.94 bits per heavy atom. The molecule has 1 aromatic rings. The highest BCUT2D eigenvalue weighted by Crippen LogP contribution is 2.07. The number of carbonyl (C=O) groups is 2. The standard InChI is InChI=1S/C14H19NO3/c1-10(2)7-8-15-13(16)11-5-4-6-12(9-11)14(17)18-3/h4-6,9-10H,7-8H2,1-3H3,(H,15,16). The van der Waals surface area contributed by atoms with Crippen LogP contribution in [0.1, 0.15) is 41.0 Å². The summed E-state index contributed by atoms with van der Waals surface area (Å²) in [4.78, 5) is 23.2. The van der Waals surface area contributed by atoms with Crippen LogP contribution in [0.2, 0.25) is 0 Å². The Kier molecular flexibility index (Phi) is 5.36. The van der Waals surface area contributed by atoms with E-state index in [1.54, 1.807) is 18.2 Å². The van der Waals surface area contributed by atoms with Gasteiger partial charge in [0.25, 0.3) is 5.91 Å². The van der Waals surface area contributed by atoms with Crippen molar-refractivity contribution in [2.75, 3.05) is 13.7 Å². The van der Waals surface area contributed by atoms with Gasteiger partial charge in [-0.1, -0.05) is 19.9 Å². The molecule has 4 nitrogen and oxygen atoms in total. The Bertz CT molecular complexity index is 427. The summed E-state index contributed by atoms with van der Waals surface area (Å²) in [5, 5.41) is 2.82. The fourth-order valence-corrected chi connectivity index (χ4v) is 1.48. The van der Waals surface area contributed by atoms with Crippen LogP contribution in [0.4, 0.5) is 0 Å². The van der Waals surface area contributed by atoms with E-state index in [0.717, 1.165) is 6.42 Å². The topological polar surface area (TPSA) is 55.4 Å². The van der Waals surface area contributed by atoms with Crippen LogP contribution in [-0.4, -0.2) is 25.5 Å². The number of hydrogen-bond acceptors (Lipinski definition) is 3. The van der Waals surface area contributed by atoms with Gasteiger partial charge in [0.05, 0.1) is 12.7 Å². The highest BCUT2D eigenvalue weighted by atomic mass is 16.5. The molecule has 0 unspecified atom stereocenters. The van der Waals surface area contributed by atoms with Crippen LogP contribution in [0.5, 0.6) is 0 Å². The smallest absolute Gasteiger partial charge is 0.337 e. The Balaban J connectivity index is 2.65. The summed E-state index contributed by atoms with van der Waals surface area (Å²) in [6.07, 6.45) is 0.933. The van der Waals surface area contributed by atoms with Crippen LogP contribution in [0, 0.1) is 5.92 Å². The third kappa shape index (κ3) is 4.20. The zero-order chi connectivity index (χ0) is 13.5. The summed E-state index contributed by atoms with van der Waals surface area (Å²) < 4.78 is 4.61. The minimum Gasteiger partial charge on any atom is -0.465 e. The molecule has 0 radical (unpaired) electrons. The Hall–Kier alpha value is -1.84. The Morgan fingerprint density at radius 3 is 2.56 bits per heavy atom. The number of rotatable bonds is 5. The number of ether oxygens (including phenoxy) is 1. The van der Waals surface area contributed by atoms with Crippen molar-refractivity contribution in [1.82, 2.24) is 5.32 Å². The molecule has 0 saturated heterocycles. The van der Waals surface area contributed by atoms with Gasteiger partial charge in [-0.05, 0) is 30.5 Å².